The second-order valence-corrected chi connectivity index (χ2v) is 7.69. The maximum absolute atomic E-state index is 4.48. The van der Waals surface area contributed by atoms with Crippen LogP contribution >= 0.6 is 11.3 Å². The van der Waals surface area contributed by atoms with Gasteiger partial charge in [0.2, 0.25) is 0 Å². The van der Waals surface area contributed by atoms with E-state index in [2.05, 4.69) is 78.6 Å². The van der Waals surface area contributed by atoms with Crippen molar-refractivity contribution in [3.8, 4) is 22.4 Å². The molecule has 0 amide bonds. The van der Waals surface area contributed by atoms with Gasteiger partial charge in [-0.1, -0.05) is 54.1 Å². The lowest BCUT2D eigenvalue weighted by molar-refractivity contribution is 1.33. The molecule has 26 heavy (non-hydrogen) atoms. The number of hydrogen-bond donors (Lipinski definition) is 0. The summed E-state index contributed by atoms with van der Waals surface area (Å²) in [7, 11) is 0. The van der Waals surface area contributed by atoms with Gasteiger partial charge in [0.1, 0.15) is 0 Å². The van der Waals surface area contributed by atoms with Crippen LogP contribution in [0.2, 0.25) is 0 Å². The zero-order chi connectivity index (χ0) is 17.5. The van der Waals surface area contributed by atoms with E-state index in [1.807, 2.05) is 29.7 Å². The Morgan fingerprint density at radius 3 is 2.27 bits per heavy atom. The molecule has 0 fully saturated rings. The number of aryl methyl sites for hydroxylation is 1. The smallest absolute Gasteiger partial charge is 0.0702 e. The Kier molecular flexibility index (Phi) is 3.58. The number of pyridine rings is 1. The maximum atomic E-state index is 4.48. The first-order valence-corrected chi connectivity index (χ1v) is 9.54. The lowest BCUT2D eigenvalue weighted by Gasteiger charge is -2.03. The second kappa shape index (κ2) is 6.08. The Labute approximate surface area is 156 Å². The summed E-state index contributed by atoms with van der Waals surface area (Å²) in [5.74, 6) is 0. The van der Waals surface area contributed by atoms with Crippen LogP contribution in [0.5, 0.6) is 0 Å². The van der Waals surface area contributed by atoms with Gasteiger partial charge in [0.05, 0.1) is 5.69 Å². The van der Waals surface area contributed by atoms with Gasteiger partial charge in [-0.2, -0.15) is 0 Å². The topological polar surface area (TPSA) is 12.9 Å². The molecule has 0 aliphatic carbocycles. The van der Waals surface area contributed by atoms with Crippen LogP contribution in [-0.2, 0) is 0 Å². The number of nitrogens with zero attached hydrogens (tertiary/aromatic N) is 1. The molecule has 0 radical (unpaired) electrons. The van der Waals surface area contributed by atoms with Crippen molar-refractivity contribution in [2.24, 2.45) is 0 Å². The van der Waals surface area contributed by atoms with Crippen LogP contribution in [-0.4, -0.2) is 4.98 Å². The molecule has 124 valence electrons. The summed E-state index contributed by atoms with van der Waals surface area (Å²) in [6, 6.07) is 28.2. The van der Waals surface area contributed by atoms with Crippen molar-refractivity contribution in [1.82, 2.24) is 4.98 Å². The van der Waals surface area contributed by atoms with Crippen molar-refractivity contribution in [3.05, 3.63) is 90.6 Å². The van der Waals surface area contributed by atoms with Gasteiger partial charge < -0.3 is 0 Å². The van der Waals surface area contributed by atoms with Crippen molar-refractivity contribution >= 4 is 31.5 Å². The number of hydrogen-bond acceptors (Lipinski definition) is 2. The molecule has 1 nitrogen and oxygen atoms in total. The molecule has 0 bridgehead atoms. The summed E-state index contributed by atoms with van der Waals surface area (Å²) in [4.78, 5) is 4.48. The fraction of sp³-hybridized carbons (Fsp3) is 0.0417. The molecule has 2 heterocycles. The minimum atomic E-state index is 1.02. The molecule has 0 saturated heterocycles. The molecule has 3 aromatic carbocycles. The Bertz CT molecular complexity index is 1220. The van der Waals surface area contributed by atoms with Crippen molar-refractivity contribution in [3.63, 3.8) is 0 Å². The number of rotatable bonds is 2. The van der Waals surface area contributed by atoms with E-state index in [9.17, 15) is 0 Å². The lowest BCUT2D eigenvalue weighted by atomic mass is 10.0. The molecule has 0 saturated carbocycles. The van der Waals surface area contributed by atoms with Gasteiger partial charge in [-0.05, 0) is 48.4 Å². The van der Waals surface area contributed by atoms with Crippen LogP contribution < -0.4 is 0 Å². The first kappa shape index (κ1) is 15.3. The van der Waals surface area contributed by atoms with E-state index >= 15 is 0 Å². The third kappa shape index (κ3) is 2.59. The minimum Gasteiger partial charge on any atom is -0.256 e. The standard InChI is InChI=1S/C24H17NS/c1-16-5-7-17(8-6-16)18-9-11-20-21-14-19(22-4-2-3-13-25-22)10-12-23(21)26-24(20)15-18/h2-15H,1H3. The second-order valence-electron chi connectivity index (χ2n) is 6.60. The predicted octanol–water partition coefficient (Wildman–Crippen LogP) is 7.09. The lowest BCUT2D eigenvalue weighted by Crippen LogP contribution is -1.81. The maximum Gasteiger partial charge on any atom is 0.0702 e. The number of benzene rings is 3. The third-order valence-corrected chi connectivity index (χ3v) is 5.95. The van der Waals surface area contributed by atoms with Crippen LogP contribution in [0, 0.1) is 6.92 Å². The quantitative estimate of drug-likeness (QED) is 0.331. The molecule has 0 aliphatic rings. The molecule has 0 atom stereocenters. The van der Waals surface area contributed by atoms with Gasteiger partial charge >= 0.3 is 0 Å². The Balaban J connectivity index is 1.66. The fourth-order valence-corrected chi connectivity index (χ4v) is 4.52. The SMILES string of the molecule is Cc1ccc(-c2ccc3c(c2)sc2ccc(-c4ccccn4)cc23)cc1. The largest absolute Gasteiger partial charge is 0.256 e. The van der Waals surface area contributed by atoms with Gasteiger partial charge in [-0.3, -0.25) is 4.98 Å². The van der Waals surface area contributed by atoms with Gasteiger partial charge in [-0.15, -0.1) is 11.3 Å². The average Bonchev–Trinajstić information content (AvgIpc) is 3.06. The normalized spacial score (nSPS) is 11.3. The number of fused-ring (bicyclic) bond motifs is 3. The first-order valence-electron chi connectivity index (χ1n) is 8.73. The highest BCUT2D eigenvalue weighted by atomic mass is 32.1. The summed E-state index contributed by atoms with van der Waals surface area (Å²) in [6.07, 6.45) is 1.85. The molecule has 0 spiro atoms. The van der Waals surface area contributed by atoms with Crippen LogP contribution in [0.25, 0.3) is 42.6 Å². The van der Waals surface area contributed by atoms with Gasteiger partial charge in [0.25, 0.3) is 0 Å². The van der Waals surface area contributed by atoms with E-state index < -0.39 is 0 Å². The Morgan fingerprint density at radius 1 is 0.654 bits per heavy atom. The molecular weight excluding hydrogens is 334 g/mol. The molecule has 0 N–H and O–H groups in total. The molecule has 2 aromatic heterocycles. The van der Waals surface area contributed by atoms with Crippen LogP contribution in [0.3, 0.4) is 0 Å². The van der Waals surface area contributed by atoms with Crippen LogP contribution in [0.15, 0.2) is 85.1 Å². The predicted molar refractivity (Wildman–Crippen MR) is 113 cm³/mol. The summed E-state index contributed by atoms with van der Waals surface area (Å²) >= 11 is 1.86. The summed E-state index contributed by atoms with van der Waals surface area (Å²) in [5, 5.41) is 2.63. The third-order valence-electron chi connectivity index (χ3n) is 4.82. The van der Waals surface area contributed by atoms with E-state index in [1.54, 1.807) is 0 Å². The van der Waals surface area contributed by atoms with Crippen molar-refractivity contribution in [1.29, 1.82) is 0 Å². The van der Waals surface area contributed by atoms with Crippen molar-refractivity contribution in [2.45, 2.75) is 6.92 Å². The summed E-state index contributed by atoms with van der Waals surface area (Å²) < 4.78 is 2.65. The zero-order valence-electron chi connectivity index (χ0n) is 14.4. The Hall–Kier alpha value is -2.97. The highest BCUT2D eigenvalue weighted by molar-refractivity contribution is 7.25. The molecule has 5 rings (SSSR count). The molecule has 2 heteroatoms. The van der Waals surface area contributed by atoms with Crippen molar-refractivity contribution in [2.75, 3.05) is 0 Å². The molecule has 0 aliphatic heterocycles. The highest BCUT2D eigenvalue weighted by Crippen LogP contribution is 2.38. The van der Waals surface area contributed by atoms with Gasteiger partial charge in [0, 0.05) is 31.9 Å². The van der Waals surface area contributed by atoms with Crippen LogP contribution in [0.4, 0.5) is 0 Å². The van der Waals surface area contributed by atoms with E-state index in [0.717, 1.165) is 5.69 Å². The molecule has 5 aromatic rings. The zero-order valence-corrected chi connectivity index (χ0v) is 15.3. The summed E-state index contributed by atoms with van der Waals surface area (Å²) in [6.45, 7) is 2.12. The van der Waals surface area contributed by atoms with Crippen LogP contribution in [0.1, 0.15) is 5.56 Å². The minimum absolute atomic E-state index is 1.02. The monoisotopic (exact) mass is 351 g/mol. The fourth-order valence-electron chi connectivity index (χ4n) is 3.40. The number of aromatic nitrogens is 1. The highest BCUT2D eigenvalue weighted by Gasteiger charge is 2.09. The van der Waals surface area contributed by atoms with E-state index in [0.29, 0.717) is 0 Å². The van der Waals surface area contributed by atoms with Gasteiger partial charge in [-0.25, -0.2) is 0 Å². The molecule has 0 unspecified atom stereocenters. The van der Waals surface area contributed by atoms with E-state index in [1.165, 1.54) is 42.4 Å². The average molecular weight is 351 g/mol. The number of thiophene rings is 1. The van der Waals surface area contributed by atoms with E-state index in [4.69, 9.17) is 0 Å². The Morgan fingerprint density at radius 2 is 1.46 bits per heavy atom. The van der Waals surface area contributed by atoms with E-state index in [-0.39, 0.29) is 0 Å². The summed E-state index contributed by atoms with van der Waals surface area (Å²) in [5.41, 5.74) is 6.02. The molecular formula is C24H17NS. The van der Waals surface area contributed by atoms with Crippen molar-refractivity contribution < 1.29 is 0 Å². The first-order chi connectivity index (χ1) is 12.8. The van der Waals surface area contributed by atoms with Gasteiger partial charge in [0.15, 0.2) is 0 Å².